The molecule has 0 radical (unpaired) electrons. The zero-order chi connectivity index (χ0) is 13.2. The number of benzene rings is 1. The van der Waals surface area contributed by atoms with E-state index in [-0.39, 0.29) is 5.91 Å². The molecule has 0 fully saturated rings. The molecule has 0 saturated heterocycles. The first-order valence-electron chi connectivity index (χ1n) is 6.21. The van der Waals surface area contributed by atoms with Crippen molar-refractivity contribution >= 4 is 23.2 Å². The number of nitrogens with one attached hydrogen (secondary N) is 1. The summed E-state index contributed by atoms with van der Waals surface area (Å²) in [6.45, 7) is 4.47. The zero-order valence-corrected chi connectivity index (χ0v) is 11.5. The van der Waals surface area contributed by atoms with Crippen molar-refractivity contribution < 1.29 is 9.53 Å². The van der Waals surface area contributed by atoms with Crippen LogP contribution in [0.1, 0.15) is 32.3 Å². The summed E-state index contributed by atoms with van der Waals surface area (Å²) in [4.78, 5) is 11.9. The highest BCUT2D eigenvalue weighted by molar-refractivity contribution is 6.17. The summed E-state index contributed by atoms with van der Waals surface area (Å²) in [7, 11) is 0. The summed E-state index contributed by atoms with van der Waals surface area (Å²) >= 11 is 5.62. The van der Waals surface area contributed by atoms with Gasteiger partial charge in [-0.2, -0.15) is 0 Å². The lowest BCUT2D eigenvalue weighted by Gasteiger charge is -2.15. The van der Waals surface area contributed by atoms with Crippen LogP contribution in [-0.2, 0) is 10.2 Å². The number of ether oxygens (including phenoxy) is 1. The van der Waals surface area contributed by atoms with Gasteiger partial charge in [0.25, 0.3) is 0 Å². The molecule has 1 amide bonds. The Kier molecular flexibility index (Phi) is 3.81. The first-order valence-corrected chi connectivity index (χ1v) is 6.74. The van der Waals surface area contributed by atoms with Gasteiger partial charge in [0.15, 0.2) is 0 Å². The first kappa shape index (κ1) is 13.2. The summed E-state index contributed by atoms with van der Waals surface area (Å²) in [5.74, 6) is 1.43. The van der Waals surface area contributed by atoms with Gasteiger partial charge in [-0.25, -0.2) is 0 Å². The van der Waals surface area contributed by atoms with Crippen molar-refractivity contribution in [3.8, 4) is 5.75 Å². The quantitative estimate of drug-likeness (QED) is 0.657. The molecule has 18 heavy (non-hydrogen) atoms. The highest BCUT2D eigenvalue weighted by Gasteiger charge is 2.39. The fourth-order valence-electron chi connectivity index (χ4n) is 2.07. The van der Waals surface area contributed by atoms with Crippen molar-refractivity contribution in [2.24, 2.45) is 0 Å². The Morgan fingerprint density at radius 3 is 2.83 bits per heavy atom. The predicted molar refractivity (Wildman–Crippen MR) is 73.5 cm³/mol. The second-order valence-corrected chi connectivity index (χ2v) is 5.38. The molecular formula is C14H18ClNO2. The first-order chi connectivity index (χ1) is 8.57. The van der Waals surface area contributed by atoms with E-state index in [9.17, 15) is 4.79 Å². The van der Waals surface area contributed by atoms with Gasteiger partial charge in [0.1, 0.15) is 5.75 Å². The van der Waals surface area contributed by atoms with Crippen molar-refractivity contribution in [3.63, 3.8) is 0 Å². The molecule has 1 N–H and O–H groups in total. The second kappa shape index (κ2) is 5.19. The Balaban J connectivity index is 2.15. The van der Waals surface area contributed by atoms with Crippen molar-refractivity contribution in [2.45, 2.75) is 32.1 Å². The van der Waals surface area contributed by atoms with E-state index in [0.29, 0.717) is 12.5 Å². The maximum absolute atomic E-state index is 11.9. The van der Waals surface area contributed by atoms with Crippen LogP contribution in [0.3, 0.4) is 0 Å². The Labute approximate surface area is 112 Å². The normalized spacial score (nSPS) is 16.3. The standard InChI is InChI=1S/C14H18ClNO2/c1-14(2)10-6-5-7-11(12(10)16-13(14)17)18-9-4-3-8-15/h5-7H,3-4,8-9H2,1-2H3,(H,16,17). The number of fused-ring (bicyclic) bond motifs is 1. The van der Waals surface area contributed by atoms with Crippen LogP contribution in [0.2, 0.25) is 0 Å². The minimum atomic E-state index is -0.481. The number of carbonyl (C=O) groups is 1. The summed E-state index contributed by atoms with van der Waals surface area (Å²) in [6.07, 6.45) is 1.86. The molecule has 0 unspecified atom stereocenters. The molecule has 1 aliphatic rings. The lowest BCUT2D eigenvalue weighted by molar-refractivity contribution is -0.119. The van der Waals surface area contributed by atoms with E-state index in [1.165, 1.54) is 0 Å². The number of rotatable bonds is 5. The van der Waals surface area contributed by atoms with Crippen LogP contribution in [-0.4, -0.2) is 18.4 Å². The zero-order valence-electron chi connectivity index (χ0n) is 10.8. The Morgan fingerprint density at radius 1 is 1.33 bits per heavy atom. The van der Waals surface area contributed by atoms with E-state index in [1.54, 1.807) is 0 Å². The lowest BCUT2D eigenvalue weighted by Crippen LogP contribution is -2.26. The Bertz CT molecular complexity index is 457. The van der Waals surface area contributed by atoms with Crippen LogP contribution in [0.4, 0.5) is 5.69 Å². The van der Waals surface area contributed by atoms with Crippen LogP contribution in [0.15, 0.2) is 18.2 Å². The summed E-state index contributed by atoms with van der Waals surface area (Å²) in [5, 5.41) is 2.91. The van der Waals surface area contributed by atoms with Crippen LogP contribution in [0.25, 0.3) is 0 Å². The number of halogens is 1. The molecule has 1 aliphatic heterocycles. The maximum Gasteiger partial charge on any atom is 0.234 e. The lowest BCUT2D eigenvalue weighted by atomic mass is 9.86. The monoisotopic (exact) mass is 267 g/mol. The number of para-hydroxylation sites is 1. The minimum Gasteiger partial charge on any atom is -0.491 e. The molecular weight excluding hydrogens is 250 g/mol. The van der Waals surface area contributed by atoms with Gasteiger partial charge < -0.3 is 10.1 Å². The molecule has 0 spiro atoms. The fraction of sp³-hybridized carbons (Fsp3) is 0.500. The van der Waals surface area contributed by atoms with E-state index in [2.05, 4.69) is 5.32 Å². The van der Waals surface area contributed by atoms with Crippen LogP contribution >= 0.6 is 11.6 Å². The summed E-state index contributed by atoms with van der Waals surface area (Å²) < 4.78 is 5.72. The summed E-state index contributed by atoms with van der Waals surface area (Å²) in [5.41, 5.74) is 1.34. The fourth-order valence-corrected chi connectivity index (χ4v) is 2.26. The van der Waals surface area contributed by atoms with E-state index < -0.39 is 5.41 Å². The molecule has 1 heterocycles. The average molecular weight is 268 g/mol. The van der Waals surface area contributed by atoms with Gasteiger partial charge in [-0.1, -0.05) is 12.1 Å². The highest BCUT2D eigenvalue weighted by atomic mass is 35.5. The third-order valence-corrected chi connectivity index (χ3v) is 3.56. The van der Waals surface area contributed by atoms with E-state index >= 15 is 0 Å². The van der Waals surface area contributed by atoms with Crippen LogP contribution in [0.5, 0.6) is 5.75 Å². The number of amides is 1. The second-order valence-electron chi connectivity index (χ2n) is 5.00. The molecule has 2 rings (SSSR count). The molecule has 4 heteroatoms. The minimum absolute atomic E-state index is 0.0225. The van der Waals surface area contributed by atoms with Crippen LogP contribution in [0, 0.1) is 0 Å². The molecule has 0 aliphatic carbocycles. The van der Waals surface area contributed by atoms with Gasteiger partial charge in [0, 0.05) is 5.88 Å². The molecule has 0 aromatic heterocycles. The predicted octanol–water partition coefficient (Wildman–Crippen LogP) is 3.31. The molecule has 1 aromatic carbocycles. The number of unbranched alkanes of at least 4 members (excludes halogenated alkanes) is 1. The molecule has 0 saturated carbocycles. The number of anilines is 1. The van der Waals surface area contributed by atoms with Crippen LogP contribution < -0.4 is 10.1 Å². The van der Waals surface area contributed by atoms with Gasteiger partial charge in [-0.3, -0.25) is 4.79 Å². The molecule has 0 bridgehead atoms. The Morgan fingerprint density at radius 2 is 2.11 bits per heavy atom. The Hall–Kier alpha value is -1.22. The number of hydrogen-bond acceptors (Lipinski definition) is 2. The maximum atomic E-state index is 11.9. The smallest absolute Gasteiger partial charge is 0.234 e. The molecule has 1 aromatic rings. The number of carbonyl (C=O) groups excluding carboxylic acids is 1. The van der Waals surface area contributed by atoms with Crippen molar-refractivity contribution in [3.05, 3.63) is 23.8 Å². The average Bonchev–Trinajstić information content (AvgIpc) is 2.58. The SMILES string of the molecule is CC1(C)C(=O)Nc2c(OCCCCCl)cccc21. The van der Waals surface area contributed by atoms with Crippen molar-refractivity contribution in [1.29, 1.82) is 0 Å². The van der Waals surface area contributed by atoms with Gasteiger partial charge in [-0.05, 0) is 38.3 Å². The topological polar surface area (TPSA) is 38.3 Å². The number of hydrogen-bond donors (Lipinski definition) is 1. The largest absolute Gasteiger partial charge is 0.491 e. The van der Waals surface area contributed by atoms with E-state index in [0.717, 1.165) is 29.8 Å². The molecule has 3 nitrogen and oxygen atoms in total. The number of alkyl halides is 1. The highest BCUT2D eigenvalue weighted by Crippen LogP contribution is 2.42. The van der Waals surface area contributed by atoms with E-state index in [4.69, 9.17) is 16.3 Å². The third kappa shape index (κ3) is 2.32. The summed E-state index contributed by atoms with van der Waals surface area (Å²) in [6, 6.07) is 5.79. The molecule has 0 atom stereocenters. The van der Waals surface area contributed by atoms with Crippen molar-refractivity contribution in [1.82, 2.24) is 0 Å². The molecule has 98 valence electrons. The van der Waals surface area contributed by atoms with Gasteiger partial charge in [-0.15, -0.1) is 11.6 Å². The van der Waals surface area contributed by atoms with Gasteiger partial charge in [0.2, 0.25) is 5.91 Å². The van der Waals surface area contributed by atoms with E-state index in [1.807, 2.05) is 32.0 Å². The van der Waals surface area contributed by atoms with Gasteiger partial charge in [0.05, 0.1) is 17.7 Å². The van der Waals surface area contributed by atoms with Crippen molar-refractivity contribution in [2.75, 3.05) is 17.8 Å². The van der Waals surface area contributed by atoms with Gasteiger partial charge >= 0.3 is 0 Å². The third-order valence-electron chi connectivity index (χ3n) is 3.29.